The van der Waals surface area contributed by atoms with Gasteiger partial charge in [0.1, 0.15) is 0 Å². The lowest BCUT2D eigenvalue weighted by Gasteiger charge is -2.07. The molecule has 0 spiro atoms. The minimum Gasteiger partial charge on any atom is -0.257 e. The highest BCUT2D eigenvalue weighted by molar-refractivity contribution is 7.98. The summed E-state index contributed by atoms with van der Waals surface area (Å²) in [5, 5.41) is 5.41. The summed E-state index contributed by atoms with van der Waals surface area (Å²) in [5.74, 6) is 0. The van der Waals surface area contributed by atoms with E-state index in [9.17, 15) is 0 Å². The summed E-state index contributed by atoms with van der Waals surface area (Å²) in [6.45, 7) is 4.26. The van der Waals surface area contributed by atoms with Crippen molar-refractivity contribution in [3.05, 3.63) is 12.3 Å². The summed E-state index contributed by atoms with van der Waals surface area (Å²) in [6, 6.07) is 2.50. The third-order valence-electron chi connectivity index (χ3n) is 1.33. The van der Waals surface area contributed by atoms with E-state index in [2.05, 4.69) is 25.2 Å². The van der Waals surface area contributed by atoms with E-state index in [0.29, 0.717) is 6.04 Å². The summed E-state index contributed by atoms with van der Waals surface area (Å²) in [4.78, 5) is 0. The molecule has 0 N–H and O–H groups in total. The summed E-state index contributed by atoms with van der Waals surface area (Å²) in [6.07, 6.45) is 3.90. The molecule has 0 aliphatic rings. The normalized spacial score (nSPS) is 10.8. The van der Waals surface area contributed by atoms with Crippen LogP contribution in [0.25, 0.3) is 0 Å². The summed E-state index contributed by atoms with van der Waals surface area (Å²) < 4.78 is 2.02. The molecule has 0 aromatic carbocycles. The first-order valence-corrected chi connectivity index (χ1v) is 4.55. The van der Waals surface area contributed by atoms with Crippen molar-refractivity contribution in [1.82, 2.24) is 9.78 Å². The predicted molar refractivity (Wildman–Crippen MR) is 44.4 cm³/mol. The quantitative estimate of drug-likeness (QED) is 0.611. The third kappa shape index (κ3) is 1.34. The molecule has 0 saturated carbocycles. The van der Waals surface area contributed by atoms with Gasteiger partial charge in [-0.3, -0.25) is 4.68 Å². The fourth-order valence-electron chi connectivity index (χ4n) is 0.852. The molecule has 0 aliphatic carbocycles. The third-order valence-corrected chi connectivity index (χ3v) is 2.07. The minimum absolute atomic E-state index is 0.470. The second-order valence-corrected chi connectivity index (χ2v) is 3.24. The molecule has 2 nitrogen and oxygen atoms in total. The molecule has 0 unspecified atom stereocenters. The van der Waals surface area contributed by atoms with Crippen LogP contribution in [0.3, 0.4) is 0 Å². The largest absolute Gasteiger partial charge is 0.257 e. The van der Waals surface area contributed by atoms with Gasteiger partial charge in [-0.15, -0.1) is 11.8 Å². The SMILES string of the molecule is CSc1ccnn1C(C)C. The minimum atomic E-state index is 0.470. The molecule has 0 radical (unpaired) electrons. The van der Waals surface area contributed by atoms with E-state index in [4.69, 9.17) is 0 Å². The van der Waals surface area contributed by atoms with Crippen LogP contribution in [0.5, 0.6) is 0 Å². The number of thioether (sulfide) groups is 1. The van der Waals surface area contributed by atoms with E-state index >= 15 is 0 Å². The van der Waals surface area contributed by atoms with Crippen LogP contribution in [0, 0.1) is 0 Å². The fourth-order valence-corrected chi connectivity index (χ4v) is 1.49. The van der Waals surface area contributed by atoms with E-state index in [1.54, 1.807) is 11.8 Å². The van der Waals surface area contributed by atoms with Gasteiger partial charge in [0.05, 0.1) is 11.2 Å². The predicted octanol–water partition coefficient (Wildman–Crippen LogP) is 2.19. The van der Waals surface area contributed by atoms with Gasteiger partial charge in [-0.25, -0.2) is 0 Å². The van der Waals surface area contributed by atoms with Crippen LogP contribution < -0.4 is 0 Å². The molecule has 1 aromatic rings. The van der Waals surface area contributed by atoms with Crippen molar-refractivity contribution in [2.24, 2.45) is 0 Å². The Hall–Kier alpha value is -0.440. The first-order valence-electron chi connectivity index (χ1n) is 3.33. The Morgan fingerprint density at radius 3 is 2.70 bits per heavy atom. The van der Waals surface area contributed by atoms with Gasteiger partial charge in [0.25, 0.3) is 0 Å². The Morgan fingerprint density at radius 2 is 2.30 bits per heavy atom. The molecule has 1 rings (SSSR count). The monoisotopic (exact) mass is 156 g/mol. The molecular weight excluding hydrogens is 144 g/mol. The number of hydrogen-bond acceptors (Lipinski definition) is 2. The van der Waals surface area contributed by atoms with Crippen LogP contribution >= 0.6 is 11.8 Å². The Kier molecular flexibility index (Phi) is 2.38. The number of aromatic nitrogens is 2. The molecule has 56 valence electrons. The summed E-state index contributed by atoms with van der Waals surface area (Å²) in [5.41, 5.74) is 0. The molecule has 0 fully saturated rings. The maximum absolute atomic E-state index is 4.18. The molecule has 1 aromatic heterocycles. The average molecular weight is 156 g/mol. The molecule has 0 atom stereocenters. The van der Waals surface area contributed by atoms with Crippen molar-refractivity contribution in [3.8, 4) is 0 Å². The van der Waals surface area contributed by atoms with Crippen molar-refractivity contribution in [2.45, 2.75) is 24.9 Å². The van der Waals surface area contributed by atoms with Gasteiger partial charge in [0, 0.05) is 6.04 Å². The van der Waals surface area contributed by atoms with Crippen LogP contribution in [0.15, 0.2) is 17.3 Å². The van der Waals surface area contributed by atoms with E-state index in [0.717, 1.165) is 0 Å². The Balaban J connectivity index is 2.90. The lowest BCUT2D eigenvalue weighted by Crippen LogP contribution is -2.03. The number of hydrogen-bond donors (Lipinski definition) is 0. The van der Waals surface area contributed by atoms with Crippen LogP contribution in [-0.2, 0) is 0 Å². The van der Waals surface area contributed by atoms with Crippen molar-refractivity contribution < 1.29 is 0 Å². The van der Waals surface area contributed by atoms with E-state index in [1.807, 2.05) is 16.9 Å². The molecular formula is C7H12N2S. The van der Waals surface area contributed by atoms with Gasteiger partial charge in [0.2, 0.25) is 0 Å². The van der Waals surface area contributed by atoms with Crippen molar-refractivity contribution in [3.63, 3.8) is 0 Å². The molecule has 0 amide bonds. The van der Waals surface area contributed by atoms with Crippen LogP contribution in [0.1, 0.15) is 19.9 Å². The first-order chi connectivity index (χ1) is 4.75. The van der Waals surface area contributed by atoms with E-state index in [1.165, 1.54) is 5.03 Å². The average Bonchev–Trinajstić information content (AvgIpc) is 2.33. The fraction of sp³-hybridized carbons (Fsp3) is 0.571. The molecule has 0 aliphatic heterocycles. The molecule has 3 heteroatoms. The van der Waals surface area contributed by atoms with E-state index < -0.39 is 0 Å². The van der Waals surface area contributed by atoms with Crippen molar-refractivity contribution in [2.75, 3.05) is 6.26 Å². The van der Waals surface area contributed by atoms with Gasteiger partial charge in [-0.2, -0.15) is 5.10 Å². The Labute approximate surface area is 65.6 Å². The highest BCUT2D eigenvalue weighted by atomic mass is 32.2. The van der Waals surface area contributed by atoms with Crippen LogP contribution in [0.4, 0.5) is 0 Å². The first kappa shape index (κ1) is 7.66. The number of nitrogens with zero attached hydrogens (tertiary/aromatic N) is 2. The maximum Gasteiger partial charge on any atom is 0.0940 e. The van der Waals surface area contributed by atoms with E-state index in [-0.39, 0.29) is 0 Å². The van der Waals surface area contributed by atoms with Crippen LogP contribution in [0.2, 0.25) is 0 Å². The maximum atomic E-state index is 4.18. The van der Waals surface area contributed by atoms with Gasteiger partial charge in [-0.1, -0.05) is 0 Å². The van der Waals surface area contributed by atoms with Gasteiger partial charge in [0.15, 0.2) is 0 Å². The van der Waals surface area contributed by atoms with Crippen molar-refractivity contribution in [1.29, 1.82) is 0 Å². The summed E-state index contributed by atoms with van der Waals surface area (Å²) in [7, 11) is 0. The zero-order valence-electron chi connectivity index (χ0n) is 6.53. The molecule has 0 saturated heterocycles. The van der Waals surface area contributed by atoms with Gasteiger partial charge in [-0.05, 0) is 26.2 Å². The molecule has 10 heavy (non-hydrogen) atoms. The van der Waals surface area contributed by atoms with Crippen LogP contribution in [-0.4, -0.2) is 16.0 Å². The van der Waals surface area contributed by atoms with Gasteiger partial charge >= 0.3 is 0 Å². The highest BCUT2D eigenvalue weighted by Crippen LogP contribution is 2.17. The smallest absolute Gasteiger partial charge is 0.0940 e. The molecule has 0 bridgehead atoms. The lowest BCUT2D eigenvalue weighted by atomic mass is 10.4. The van der Waals surface area contributed by atoms with Gasteiger partial charge < -0.3 is 0 Å². The Bertz CT molecular complexity index is 205. The zero-order chi connectivity index (χ0) is 7.56. The molecule has 1 heterocycles. The number of rotatable bonds is 2. The summed E-state index contributed by atoms with van der Waals surface area (Å²) >= 11 is 1.73. The Morgan fingerprint density at radius 1 is 1.60 bits per heavy atom. The standard InChI is InChI=1S/C7H12N2S/c1-6(2)9-7(10-3)4-5-8-9/h4-6H,1-3H3. The second kappa shape index (κ2) is 3.10. The topological polar surface area (TPSA) is 17.8 Å². The second-order valence-electron chi connectivity index (χ2n) is 2.41. The lowest BCUT2D eigenvalue weighted by molar-refractivity contribution is 0.493. The van der Waals surface area contributed by atoms with Crippen molar-refractivity contribution >= 4 is 11.8 Å². The highest BCUT2D eigenvalue weighted by Gasteiger charge is 2.02. The zero-order valence-corrected chi connectivity index (χ0v) is 7.35.